The molecular weight excluding hydrogens is 282 g/mol. The van der Waals surface area contributed by atoms with Crippen LogP contribution in [0.4, 0.5) is 0 Å². The molecule has 5 atom stereocenters. The van der Waals surface area contributed by atoms with E-state index in [4.69, 9.17) is 4.74 Å². The summed E-state index contributed by atoms with van der Waals surface area (Å²) in [6, 6.07) is 3.55. The molecule has 1 saturated heterocycles. The van der Waals surface area contributed by atoms with Gasteiger partial charge in [-0.15, -0.1) is 0 Å². The largest absolute Gasteiger partial charge is 0.504 e. The van der Waals surface area contributed by atoms with Crippen LogP contribution in [0.3, 0.4) is 0 Å². The van der Waals surface area contributed by atoms with E-state index < -0.39 is 11.7 Å². The average molecular weight is 301 g/mol. The minimum Gasteiger partial charge on any atom is -0.504 e. The van der Waals surface area contributed by atoms with Gasteiger partial charge in [0, 0.05) is 36.4 Å². The number of aliphatic hydroxyl groups is 1. The van der Waals surface area contributed by atoms with Crippen LogP contribution in [0.5, 0.6) is 11.5 Å². The van der Waals surface area contributed by atoms with E-state index >= 15 is 0 Å². The van der Waals surface area contributed by atoms with Crippen LogP contribution in [-0.2, 0) is 11.2 Å². The van der Waals surface area contributed by atoms with E-state index in [-0.39, 0.29) is 29.4 Å². The van der Waals surface area contributed by atoms with Gasteiger partial charge in [0.1, 0.15) is 0 Å². The number of hydrogen-bond acceptors (Lipinski definition) is 5. The van der Waals surface area contributed by atoms with E-state index in [1.165, 1.54) is 0 Å². The van der Waals surface area contributed by atoms with Crippen molar-refractivity contribution in [2.75, 3.05) is 6.54 Å². The van der Waals surface area contributed by atoms with E-state index in [0.717, 1.165) is 17.5 Å². The molecule has 116 valence electrons. The number of rotatable bonds is 0. The molecule has 1 saturated carbocycles. The number of ketones is 1. The number of phenols is 1. The highest BCUT2D eigenvalue weighted by Crippen LogP contribution is 2.55. The quantitative estimate of drug-likeness (QED) is 0.662. The van der Waals surface area contributed by atoms with Gasteiger partial charge in [-0.1, -0.05) is 6.07 Å². The van der Waals surface area contributed by atoms with Crippen molar-refractivity contribution in [2.24, 2.45) is 5.92 Å². The van der Waals surface area contributed by atoms with Gasteiger partial charge in [0.05, 0.1) is 5.60 Å². The lowest BCUT2D eigenvalue weighted by atomic mass is 9.64. The Hall–Kier alpha value is -1.59. The first-order valence-electron chi connectivity index (χ1n) is 8.08. The number of aromatic hydroxyl groups is 1. The Morgan fingerprint density at radius 1 is 1.36 bits per heavy atom. The van der Waals surface area contributed by atoms with Crippen molar-refractivity contribution >= 4 is 5.78 Å². The predicted molar refractivity (Wildman–Crippen MR) is 78.1 cm³/mol. The van der Waals surface area contributed by atoms with E-state index in [1.54, 1.807) is 6.07 Å². The normalized spacial score (nSPS) is 41.6. The molecule has 5 heteroatoms. The molecule has 2 aliphatic heterocycles. The third-order valence-corrected chi connectivity index (χ3v) is 6.17. The predicted octanol–water partition coefficient (Wildman–Crippen LogP) is 0.865. The minimum absolute atomic E-state index is 0.0305. The summed E-state index contributed by atoms with van der Waals surface area (Å²) < 4.78 is 6.04. The summed E-state index contributed by atoms with van der Waals surface area (Å²) in [5.41, 5.74) is 1.12. The van der Waals surface area contributed by atoms with Crippen LogP contribution < -0.4 is 10.1 Å². The lowest BCUT2D eigenvalue weighted by Gasteiger charge is -2.46. The van der Waals surface area contributed by atoms with Crippen LogP contribution in [0.1, 0.15) is 36.3 Å². The lowest BCUT2D eigenvalue weighted by Crippen LogP contribution is -2.56. The zero-order valence-electron chi connectivity index (χ0n) is 12.2. The van der Waals surface area contributed by atoms with Crippen molar-refractivity contribution in [1.82, 2.24) is 5.32 Å². The number of nitrogens with one attached hydrogen (secondary N) is 1. The maximum atomic E-state index is 12.6. The van der Waals surface area contributed by atoms with Crippen molar-refractivity contribution in [3.05, 3.63) is 23.3 Å². The number of carbonyl (C=O) groups excluding carboxylic acids is 1. The van der Waals surface area contributed by atoms with Crippen molar-refractivity contribution in [2.45, 2.75) is 49.3 Å². The van der Waals surface area contributed by atoms with Crippen LogP contribution in [0, 0.1) is 5.92 Å². The molecule has 1 aromatic carbocycles. The third-order valence-electron chi connectivity index (χ3n) is 6.17. The van der Waals surface area contributed by atoms with Gasteiger partial charge in [-0.25, -0.2) is 0 Å². The summed E-state index contributed by atoms with van der Waals surface area (Å²) >= 11 is 0. The Morgan fingerprint density at radius 2 is 2.23 bits per heavy atom. The SMILES string of the molecule is O=C1CC[C@@]2(O)[C@H]3Cc4ccc(O)c5c4[C@@H]2CC(CN3)[C@H]1O5. The molecule has 2 fully saturated rings. The fourth-order valence-electron chi connectivity index (χ4n) is 5.05. The number of carbonyl (C=O) groups is 1. The number of ether oxygens (including phenoxy) is 1. The highest BCUT2D eigenvalue weighted by Gasteiger charge is 2.57. The zero-order valence-corrected chi connectivity index (χ0v) is 12.2. The van der Waals surface area contributed by atoms with Gasteiger partial charge < -0.3 is 20.3 Å². The van der Waals surface area contributed by atoms with Crippen molar-refractivity contribution in [1.29, 1.82) is 0 Å². The second-order valence-corrected chi connectivity index (χ2v) is 7.20. The van der Waals surface area contributed by atoms with Gasteiger partial charge in [0.25, 0.3) is 0 Å². The standard InChI is InChI=1S/C17H19NO4/c19-11-2-1-8-6-13-17(21)4-3-12(20)15-9(7-18-13)5-10(17)14(8)16(11)22-15/h1-2,9-10,13,15,18-19,21H,3-7H2/t9?,10-,13+,15+,17-/m0/s1. The van der Waals surface area contributed by atoms with E-state index in [9.17, 15) is 15.0 Å². The molecule has 5 rings (SSSR count). The lowest BCUT2D eigenvalue weighted by molar-refractivity contribution is -0.130. The minimum atomic E-state index is -0.932. The number of benzene rings is 1. The zero-order chi connectivity index (χ0) is 15.1. The number of hydrogen-bond donors (Lipinski definition) is 3. The van der Waals surface area contributed by atoms with Crippen molar-refractivity contribution in [3.8, 4) is 11.5 Å². The highest BCUT2D eigenvalue weighted by atomic mass is 16.5. The van der Waals surface area contributed by atoms with Crippen LogP contribution in [0.25, 0.3) is 0 Å². The van der Waals surface area contributed by atoms with Crippen LogP contribution in [-0.4, -0.2) is 40.3 Å². The third kappa shape index (κ3) is 1.43. The van der Waals surface area contributed by atoms with Crippen molar-refractivity contribution < 1.29 is 19.7 Å². The Kier molecular flexibility index (Phi) is 2.36. The van der Waals surface area contributed by atoms with Gasteiger partial charge in [-0.2, -0.15) is 0 Å². The van der Waals surface area contributed by atoms with E-state index in [2.05, 4.69) is 5.32 Å². The maximum absolute atomic E-state index is 12.6. The molecule has 22 heavy (non-hydrogen) atoms. The first-order chi connectivity index (χ1) is 10.6. The molecule has 5 bridgehead atoms. The summed E-state index contributed by atoms with van der Waals surface area (Å²) in [5, 5.41) is 25.2. The average Bonchev–Trinajstić information content (AvgIpc) is 2.67. The van der Waals surface area contributed by atoms with Gasteiger partial charge in [-0.05, 0) is 30.9 Å². The molecule has 2 heterocycles. The molecule has 0 spiro atoms. The molecule has 3 N–H and O–H groups in total. The van der Waals surface area contributed by atoms with Gasteiger partial charge >= 0.3 is 0 Å². The monoisotopic (exact) mass is 301 g/mol. The van der Waals surface area contributed by atoms with Gasteiger partial charge in [-0.3, -0.25) is 4.79 Å². The van der Waals surface area contributed by atoms with Crippen LogP contribution in [0.15, 0.2) is 12.1 Å². The molecule has 0 amide bonds. The Bertz CT molecular complexity index is 687. The molecule has 1 unspecified atom stereocenters. The van der Waals surface area contributed by atoms with Crippen LogP contribution in [0.2, 0.25) is 0 Å². The summed E-state index contributed by atoms with van der Waals surface area (Å²) in [6.45, 7) is 0.679. The fourth-order valence-corrected chi connectivity index (χ4v) is 5.05. The Morgan fingerprint density at radius 3 is 3.09 bits per heavy atom. The Labute approximate surface area is 128 Å². The maximum Gasteiger partial charge on any atom is 0.173 e. The molecule has 5 nitrogen and oxygen atoms in total. The molecule has 1 aromatic rings. The van der Waals surface area contributed by atoms with Crippen molar-refractivity contribution in [3.63, 3.8) is 0 Å². The summed E-state index contributed by atoms with van der Waals surface area (Å²) in [4.78, 5) is 12.6. The van der Waals surface area contributed by atoms with Gasteiger partial charge in [0.2, 0.25) is 0 Å². The van der Waals surface area contributed by atoms with E-state index in [0.29, 0.717) is 31.6 Å². The smallest absolute Gasteiger partial charge is 0.173 e. The number of Topliss-reactive ketones (excluding diaryl/α,β-unsaturated/α-hetero) is 1. The van der Waals surface area contributed by atoms with Gasteiger partial charge in [0.15, 0.2) is 23.4 Å². The Balaban J connectivity index is 1.86. The molecule has 2 aliphatic carbocycles. The first-order valence-corrected chi connectivity index (χ1v) is 8.08. The molecule has 0 aromatic heterocycles. The topological polar surface area (TPSA) is 78.8 Å². The second-order valence-electron chi connectivity index (χ2n) is 7.20. The number of phenolic OH excluding ortho intramolecular Hbond substituents is 1. The highest BCUT2D eigenvalue weighted by molar-refractivity contribution is 5.85. The fraction of sp³-hybridized carbons (Fsp3) is 0.588. The first kappa shape index (κ1) is 12.9. The second kappa shape index (κ2) is 4.03. The van der Waals surface area contributed by atoms with E-state index in [1.807, 2.05) is 6.07 Å². The molecule has 4 aliphatic rings. The summed E-state index contributed by atoms with van der Waals surface area (Å²) in [7, 11) is 0. The molecule has 0 radical (unpaired) electrons. The summed E-state index contributed by atoms with van der Waals surface area (Å²) in [5.74, 6) is 0.542. The van der Waals surface area contributed by atoms with Crippen LogP contribution >= 0.6 is 0 Å². The molecular formula is C17H19NO4. The summed E-state index contributed by atoms with van der Waals surface area (Å²) in [6.07, 6.45) is 1.75.